The van der Waals surface area contributed by atoms with Crippen LogP contribution in [0.3, 0.4) is 0 Å². The average Bonchev–Trinajstić information content (AvgIpc) is 3.01. The van der Waals surface area contributed by atoms with Crippen molar-refractivity contribution < 1.29 is 18.8 Å². The molecule has 0 saturated carbocycles. The standard InChI is InChI=1S/C31H39ClFN5O3/c1-31(2,3)9-10-35-13-16-37-27(19-35)30(41)38(20-28(39)36-14-11-34(4)12-15-36)26-8-5-21(17-24(26)29(37)40)23-7-6-22(32)18-25(23)33/h5-8,17-18,27H,9-16,19-20H2,1-4H3/t27-/m0/s1. The molecule has 2 fully saturated rings. The maximum absolute atomic E-state index is 14.9. The molecule has 2 aromatic rings. The molecule has 2 aromatic carbocycles. The highest BCUT2D eigenvalue weighted by molar-refractivity contribution is 6.30. The molecule has 3 aliphatic heterocycles. The summed E-state index contributed by atoms with van der Waals surface area (Å²) >= 11 is 5.97. The van der Waals surface area contributed by atoms with E-state index in [2.05, 4.69) is 30.6 Å². The summed E-state index contributed by atoms with van der Waals surface area (Å²) in [5, 5.41) is 0.281. The Kier molecular flexibility index (Phi) is 8.41. The Hall–Kier alpha value is -3.01. The van der Waals surface area contributed by atoms with Crippen molar-refractivity contribution >= 4 is 35.0 Å². The first-order valence-corrected chi connectivity index (χ1v) is 14.7. The molecule has 10 heteroatoms. The van der Waals surface area contributed by atoms with Crippen LogP contribution >= 0.6 is 11.6 Å². The minimum atomic E-state index is -0.709. The first-order valence-electron chi connectivity index (χ1n) is 14.3. The van der Waals surface area contributed by atoms with E-state index in [0.29, 0.717) is 55.1 Å². The molecule has 5 rings (SSSR count). The lowest BCUT2D eigenvalue weighted by atomic mass is 9.92. The zero-order valence-corrected chi connectivity index (χ0v) is 25.1. The van der Waals surface area contributed by atoms with Gasteiger partial charge in [-0.05, 0) is 61.3 Å². The van der Waals surface area contributed by atoms with Crippen LogP contribution in [0.1, 0.15) is 37.6 Å². The van der Waals surface area contributed by atoms with E-state index in [9.17, 15) is 18.8 Å². The summed E-state index contributed by atoms with van der Waals surface area (Å²) in [5.74, 6) is -1.18. The highest BCUT2D eigenvalue weighted by Crippen LogP contribution is 2.35. The van der Waals surface area contributed by atoms with Gasteiger partial charge in [0.1, 0.15) is 18.4 Å². The highest BCUT2D eigenvalue weighted by Gasteiger charge is 2.43. The van der Waals surface area contributed by atoms with Crippen LogP contribution in [0.5, 0.6) is 0 Å². The number of piperazine rings is 2. The van der Waals surface area contributed by atoms with Gasteiger partial charge in [-0.2, -0.15) is 0 Å². The van der Waals surface area contributed by atoms with Gasteiger partial charge in [0.25, 0.3) is 11.8 Å². The molecular formula is C31H39ClFN5O3. The Bertz CT molecular complexity index is 1340. The van der Waals surface area contributed by atoms with E-state index >= 15 is 0 Å². The fourth-order valence-corrected chi connectivity index (χ4v) is 5.89. The van der Waals surface area contributed by atoms with Crippen molar-refractivity contribution in [3.63, 3.8) is 0 Å². The predicted molar refractivity (Wildman–Crippen MR) is 159 cm³/mol. The molecule has 0 aliphatic carbocycles. The molecule has 0 spiro atoms. The lowest BCUT2D eigenvalue weighted by molar-refractivity contribution is -0.133. The van der Waals surface area contributed by atoms with Crippen LogP contribution in [0, 0.1) is 11.2 Å². The van der Waals surface area contributed by atoms with Crippen LogP contribution in [0.15, 0.2) is 36.4 Å². The second-order valence-electron chi connectivity index (χ2n) is 12.6. The normalized spacial score (nSPS) is 20.6. The lowest BCUT2D eigenvalue weighted by Crippen LogP contribution is -2.60. The van der Waals surface area contributed by atoms with E-state index in [-0.39, 0.29) is 34.7 Å². The third kappa shape index (κ3) is 6.42. The van der Waals surface area contributed by atoms with Gasteiger partial charge in [-0.25, -0.2) is 4.39 Å². The largest absolute Gasteiger partial charge is 0.339 e. The molecule has 0 radical (unpaired) electrons. The first-order chi connectivity index (χ1) is 19.4. The predicted octanol–water partition coefficient (Wildman–Crippen LogP) is 3.83. The van der Waals surface area contributed by atoms with Gasteiger partial charge < -0.3 is 19.6 Å². The molecular weight excluding hydrogens is 545 g/mol. The Balaban J connectivity index is 1.50. The van der Waals surface area contributed by atoms with Gasteiger partial charge in [-0.3, -0.25) is 19.3 Å². The van der Waals surface area contributed by atoms with Crippen LogP contribution in [0.4, 0.5) is 10.1 Å². The Morgan fingerprint density at radius 3 is 2.39 bits per heavy atom. The van der Waals surface area contributed by atoms with Gasteiger partial charge in [-0.15, -0.1) is 0 Å². The van der Waals surface area contributed by atoms with Crippen LogP contribution < -0.4 is 4.90 Å². The van der Waals surface area contributed by atoms with Gasteiger partial charge in [0, 0.05) is 56.4 Å². The smallest absolute Gasteiger partial charge is 0.256 e. The molecule has 0 aromatic heterocycles. The van der Waals surface area contributed by atoms with Gasteiger partial charge in [-0.1, -0.05) is 38.4 Å². The third-order valence-corrected chi connectivity index (χ3v) is 8.60. The number of rotatable bonds is 5. The van der Waals surface area contributed by atoms with Gasteiger partial charge in [0.05, 0.1) is 11.3 Å². The number of carbonyl (C=O) groups excluding carboxylic acids is 3. The maximum Gasteiger partial charge on any atom is 0.256 e. The van der Waals surface area contributed by atoms with Crippen LogP contribution in [-0.4, -0.2) is 109 Å². The number of carbonyl (C=O) groups is 3. The van der Waals surface area contributed by atoms with E-state index in [0.717, 1.165) is 26.1 Å². The third-order valence-electron chi connectivity index (χ3n) is 8.36. The fourth-order valence-electron chi connectivity index (χ4n) is 5.73. The minimum absolute atomic E-state index is 0.144. The molecule has 0 bridgehead atoms. The van der Waals surface area contributed by atoms with Crippen LogP contribution in [0.2, 0.25) is 5.02 Å². The lowest BCUT2D eigenvalue weighted by Gasteiger charge is -2.41. The quantitative estimate of drug-likeness (QED) is 0.535. The summed E-state index contributed by atoms with van der Waals surface area (Å²) in [4.78, 5) is 51.0. The summed E-state index contributed by atoms with van der Waals surface area (Å²) in [7, 11) is 2.02. The van der Waals surface area contributed by atoms with Gasteiger partial charge in [0.15, 0.2) is 0 Å². The molecule has 8 nitrogen and oxygen atoms in total. The van der Waals surface area contributed by atoms with Crippen molar-refractivity contribution in [3.8, 4) is 11.1 Å². The van der Waals surface area contributed by atoms with E-state index in [4.69, 9.17) is 11.6 Å². The van der Waals surface area contributed by atoms with Crippen molar-refractivity contribution in [3.05, 3.63) is 52.8 Å². The summed E-state index contributed by atoms with van der Waals surface area (Å²) in [5.41, 5.74) is 1.64. The van der Waals surface area contributed by atoms with Crippen molar-refractivity contribution in [2.24, 2.45) is 5.41 Å². The molecule has 1 atom stereocenters. The molecule has 220 valence electrons. The molecule has 41 heavy (non-hydrogen) atoms. The van der Waals surface area contributed by atoms with Gasteiger partial charge in [0.2, 0.25) is 5.91 Å². The number of nitrogens with zero attached hydrogens (tertiary/aromatic N) is 5. The van der Waals surface area contributed by atoms with Crippen molar-refractivity contribution in [1.82, 2.24) is 19.6 Å². The Morgan fingerprint density at radius 1 is 0.976 bits per heavy atom. The summed E-state index contributed by atoms with van der Waals surface area (Å²) in [6.45, 7) is 11.4. The topological polar surface area (TPSA) is 67.4 Å². The number of hydrogen-bond acceptors (Lipinski definition) is 5. The molecule has 2 saturated heterocycles. The van der Waals surface area contributed by atoms with E-state index < -0.39 is 11.9 Å². The number of anilines is 1. The van der Waals surface area contributed by atoms with E-state index in [1.165, 1.54) is 11.0 Å². The van der Waals surface area contributed by atoms with Gasteiger partial charge >= 0.3 is 0 Å². The van der Waals surface area contributed by atoms with Crippen molar-refractivity contribution in [2.45, 2.75) is 33.2 Å². The molecule has 0 unspecified atom stereocenters. The number of fused-ring (bicyclic) bond motifs is 2. The minimum Gasteiger partial charge on any atom is -0.339 e. The second kappa shape index (κ2) is 11.7. The summed E-state index contributed by atoms with van der Waals surface area (Å²) < 4.78 is 14.9. The fraction of sp³-hybridized carbons (Fsp3) is 0.516. The molecule has 3 aliphatic rings. The highest BCUT2D eigenvalue weighted by atomic mass is 35.5. The van der Waals surface area contributed by atoms with E-state index in [1.807, 2.05) is 7.05 Å². The molecule has 0 N–H and O–H groups in total. The molecule has 3 heterocycles. The number of halogens is 2. The maximum atomic E-state index is 14.9. The Labute approximate surface area is 246 Å². The van der Waals surface area contributed by atoms with E-state index in [1.54, 1.807) is 40.1 Å². The second-order valence-corrected chi connectivity index (χ2v) is 13.0. The average molecular weight is 584 g/mol. The number of hydrogen-bond donors (Lipinski definition) is 0. The van der Waals surface area contributed by atoms with Crippen molar-refractivity contribution in [1.29, 1.82) is 0 Å². The number of amides is 3. The monoisotopic (exact) mass is 583 g/mol. The van der Waals surface area contributed by atoms with Crippen molar-refractivity contribution in [2.75, 3.05) is 70.9 Å². The van der Waals surface area contributed by atoms with Crippen LogP contribution in [-0.2, 0) is 9.59 Å². The molecule has 3 amide bonds. The zero-order valence-electron chi connectivity index (χ0n) is 24.3. The number of benzene rings is 2. The zero-order chi connectivity index (χ0) is 29.5. The van der Waals surface area contributed by atoms with Crippen LogP contribution in [0.25, 0.3) is 11.1 Å². The number of likely N-dealkylation sites (N-methyl/N-ethyl adjacent to an activating group) is 1. The first kappa shape index (κ1) is 29.5. The summed E-state index contributed by atoms with van der Waals surface area (Å²) in [6.07, 6.45) is 0.962. The Morgan fingerprint density at radius 2 is 1.71 bits per heavy atom. The SMILES string of the molecule is CN1CCN(C(=O)CN2C(=O)[C@@H]3CN(CCC(C)(C)C)CCN3C(=O)c3cc(-c4ccc(Cl)cc4F)ccc32)CC1. The summed E-state index contributed by atoms with van der Waals surface area (Å²) in [6, 6.07) is 8.71.